The van der Waals surface area contributed by atoms with Crippen LogP contribution in [0, 0.1) is 17.8 Å². The molecular weight excluding hydrogens is 166 g/mol. The molecule has 2 bridgehead atoms. The predicted octanol–water partition coefficient (Wildman–Crippen LogP) is 0.307. The van der Waals surface area contributed by atoms with Crippen LogP contribution in [-0.4, -0.2) is 24.2 Å². The Balaban J connectivity index is 1.88. The Hall–Kier alpha value is -0.830. The summed E-state index contributed by atoms with van der Waals surface area (Å²) in [6, 6.07) is 0. The number of aliphatic hydroxyl groups excluding tert-OH is 1. The van der Waals surface area contributed by atoms with E-state index in [1.165, 1.54) is 0 Å². The molecule has 2 N–H and O–H groups in total. The average Bonchev–Trinajstić information content (AvgIpc) is 2.74. The zero-order valence-corrected chi connectivity index (χ0v) is 7.57. The number of hydrogen-bond donors (Lipinski definition) is 2. The molecule has 0 radical (unpaired) electrons. The molecule has 0 aromatic rings. The number of nitrogens with one attached hydrogen (secondary N) is 1. The van der Waals surface area contributed by atoms with E-state index in [2.05, 4.69) is 17.5 Å². The molecule has 0 heterocycles. The standard InChI is InChI=1S/C10H15NO2/c12-4-3-11-10(13)9-6-7-1-2-8(9)5-7/h1-2,7-9,12H,3-6H2,(H,11,13)/t7-,8-,9-/m0/s1. The maximum atomic E-state index is 11.5. The lowest BCUT2D eigenvalue weighted by Crippen LogP contribution is -2.34. The van der Waals surface area contributed by atoms with Crippen molar-refractivity contribution in [3.05, 3.63) is 12.2 Å². The fourth-order valence-corrected chi connectivity index (χ4v) is 2.39. The second kappa shape index (κ2) is 3.50. The first kappa shape index (κ1) is 8.75. The van der Waals surface area contributed by atoms with Crippen LogP contribution in [0.3, 0.4) is 0 Å². The molecule has 1 fully saturated rings. The molecule has 0 aromatic carbocycles. The largest absolute Gasteiger partial charge is 0.395 e. The van der Waals surface area contributed by atoms with E-state index in [1.807, 2.05) is 0 Å². The van der Waals surface area contributed by atoms with Crippen LogP contribution in [0.15, 0.2) is 12.2 Å². The van der Waals surface area contributed by atoms with E-state index in [-0.39, 0.29) is 18.4 Å². The molecule has 0 aliphatic heterocycles. The van der Waals surface area contributed by atoms with Gasteiger partial charge in [-0.1, -0.05) is 12.2 Å². The summed E-state index contributed by atoms with van der Waals surface area (Å²) in [7, 11) is 0. The van der Waals surface area contributed by atoms with E-state index in [1.54, 1.807) is 0 Å². The minimum Gasteiger partial charge on any atom is -0.395 e. The molecule has 2 aliphatic rings. The summed E-state index contributed by atoms with van der Waals surface area (Å²) in [5.41, 5.74) is 0. The van der Waals surface area contributed by atoms with Gasteiger partial charge >= 0.3 is 0 Å². The highest BCUT2D eigenvalue weighted by Gasteiger charge is 2.39. The summed E-state index contributed by atoms with van der Waals surface area (Å²) in [4.78, 5) is 11.5. The third kappa shape index (κ3) is 1.61. The molecule has 3 heteroatoms. The molecule has 3 atom stereocenters. The first-order valence-electron chi connectivity index (χ1n) is 4.88. The molecule has 72 valence electrons. The van der Waals surface area contributed by atoms with Crippen molar-refractivity contribution in [1.29, 1.82) is 0 Å². The van der Waals surface area contributed by atoms with Crippen LogP contribution >= 0.6 is 0 Å². The van der Waals surface area contributed by atoms with Gasteiger partial charge in [0.15, 0.2) is 0 Å². The molecule has 0 spiro atoms. The SMILES string of the molecule is O=C(NCCO)[C@H]1C[C@H]2C=C[C@H]1C2. The number of fused-ring (bicyclic) bond motifs is 2. The summed E-state index contributed by atoms with van der Waals surface area (Å²) in [5.74, 6) is 1.38. The number of allylic oxidation sites excluding steroid dienone is 2. The lowest BCUT2D eigenvalue weighted by molar-refractivity contribution is -0.125. The molecular formula is C10H15NO2. The molecule has 1 saturated carbocycles. The summed E-state index contributed by atoms with van der Waals surface area (Å²) in [6.07, 6.45) is 6.54. The van der Waals surface area contributed by atoms with Crippen LogP contribution in [0.4, 0.5) is 0 Å². The maximum absolute atomic E-state index is 11.5. The highest BCUT2D eigenvalue weighted by molar-refractivity contribution is 5.79. The van der Waals surface area contributed by atoms with Crippen molar-refractivity contribution >= 4 is 5.91 Å². The number of carbonyl (C=O) groups is 1. The van der Waals surface area contributed by atoms with Gasteiger partial charge in [0.25, 0.3) is 0 Å². The van der Waals surface area contributed by atoms with Gasteiger partial charge in [0.2, 0.25) is 5.91 Å². The minimum absolute atomic E-state index is 0.0302. The summed E-state index contributed by atoms with van der Waals surface area (Å²) in [6.45, 7) is 0.416. The minimum atomic E-state index is 0.0302. The number of aliphatic hydroxyl groups is 1. The fourth-order valence-electron chi connectivity index (χ4n) is 2.39. The van der Waals surface area contributed by atoms with Crippen molar-refractivity contribution in [3.63, 3.8) is 0 Å². The van der Waals surface area contributed by atoms with Crippen LogP contribution in [-0.2, 0) is 4.79 Å². The van der Waals surface area contributed by atoms with Crippen LogP contribution in [0.25, 0.3) is 0 Å². The second-order valence-electron chi connectivity index (χ2n) is 3.90. The van der Waals surface area contributed by atoms with Gasteiger partial charge in [-0.05, 0) is 24.7 Å². The van der Waals surface area contributed by atoms with Gasteiger partial charge in [0, 0.05) is 12.5 Å². The van der Waals surface area contributed by atoms with Crippen molar-refractivity contribution in [2.75, 3.05) is 13.2 Å². The maximum Gasteiger partial charge on any atom is 0.223 e. The van der Waals surface area contributed by atoms with Crippen molar-refractivity contribution in [2.24, 2.45) is 17.8 Å². The second-order valence-corrected chi connectivity index (χ2v) is 3.90. The van der Waals surface area contributed by atoms with Crippen LogP contribution in [0.5, 0.6) is 0 Å². The number of amides is 1. The highest BCUT2D eigenvalue weighted by atomic mass is 16.3. The number of rotatable bonds is 3. The Morgan fingerprint density at radius 2 is 2.31 bits per heavy atom. The molecule has 0 aromatic heterocycles. The average molecular weight is 181 g/mol. The van der Waals surface area contributed by atoms with Crippen molar-refractivity contribution in [2.45, 2.75) is 12.8 Å². The van der Waals surface area contributed by atoms with Crippen molar-refractivity contribution < 1.29 is 9.90 Å². The zero-order valence-electron chi connectivity index (χ0n) is 7.57. The van der Waals surface area contributed by atoms with Gasteiger partial charge in [0.05, 0.1) is 6.61 Å². The lowest BCUT2D eigenvalue weighted by Gasteiger charge is -2.16. The number of hydrogen-bond acceptors (Lipinski definition) is 2. The third-order valence-electron chi connectivity index (χ3n) is 3.03. The first-order valence-corrected chi connectivity index (χ1v) is 4.88. The van der Waals surface area contributed by atoms with E-state index in [4.69, 9.17) is 5.11 Å². The molecule has 3 nitrogen and oxygen atoms in total. The highest BCUT2D eigenvalue weighted by Crippen LogP contribution is 2.43. The summed E-state index contributed by atoms with van der Waals surface area (Å²) >= 11 is 0. The van der Waals surface area contributed by atoms with E-state index in [0.29, 0.717) is 18.4 Å². The Morgan fingerprint density at radius 3 is 2.85 bits per heavy atom. The summed E-state index contributed by atoms with van der Waals surface area (Å²) in [5, 5.41) is 11.3. The quantitative estimate of drug-likeness (QED) is 0.615. The molecule has 0 saturated heterocycles. The summed E-state index contributed by atoms with van der Waals surface area (Å²) < 4.78 is 0. The number of carbonyl (C=O) groups excluding carboxylic acids is 1. The fraction of sp³-hybridized carbons (Fsp3) is 0.700. The van der Waals surface area contributed by atoms with Gasteiger partial charge in [0.1, 0.15) is 0 Å². The van der Waals surface area contributed by atoms with E-state index in [9.17, 15) is 4.79 Å². The van der Waals surface area contributed by atoms with E-state index >= 15 is 0 Å². The van der Waals surface area contributed by atoms with Gasteiger partial charge in [-0.25, -0.2) is 0 Å². The van der Waals surface area contributed by atoms with E-state index < -0.39 is 0 Å². The van der Waals surface area contributed by atoms with Crippen molar-refractivity contribution in [3.8, 4) is 0 Å². The molecule has 1 amide bonds. The van der Waals surface area contributed by atoms with Gasteiger partial charge < -0.3 is 10.4 Å². The Morgan fingerprint density at radius 1 is 1.46 bits per heavy atom. The Bertz CT molecular complexity index is 237. The van der Waals surface area contributed by atoms with Gasteiger partial charge in [-0.15, -0.1) is 0 Å². The zero-order chi connectivity index (χ0) is 9.26. The van der Waals surface area contributed by atoms with Crippen LogP contribution < -0.4 is 5.32 Å². The van der Waals surface area contributed by atoms with E-state index in [0.717, 1.165) is 12.8 Å². The lowest BCUT2D eigenvalue weighted by atomic mass is 9.93. The topological polar surface area (TPSA) is 49.3 Å². The molecule has 13 heavy (non-hydrogen) atoms. The first-order chi connectivity index (χ1) is 6.31. The third-order valence-corrected chi connectivity index (χ3v) is 3.03. The van der Waals surface area contributed by atoms with Gasteiger partial charge in [-0.3, -0.25) is 4.79 Å². The Kier molecular flexibility index (Phi) is 2.36. The van der Waals surface area contributed by atoms with Crippen LogP contribution in [0.2, 0.25) is 0 Å². The van der Waals surface area contributed by atoms with Crippen LogP contribution in [0.1, 0.15) is 12.8 Å². The van der Waals surface area contributed by atoms with Crippen molar-refractivity contribution in [1.82, 2.24) is 5.32 Å². The monoisotopic (exact) mass is 181 g/mol. The normalized spacial score (nSPS) is 35.3. The smallest absolute Gasteiger partial charge is 0.223 e. The molecule has 0 unspecified atom stereocenters. The Labute approximate surface area is 77.8 Å². The van der Waals surface area contributed by atoms with Gasteiger partial charge in [-0.2, -0.15) is 0 Å². The molecule has 2 rings (SSSR count). The molecule has 2 aliphatic carbocycles. The predicted molar refractivity (Wildman–Crippen MR) is 48.9 cm³/mol.